The number of nitrogens with zero attached hydrogens (tertiary/aromatic N) is 3. The molecule has 18 heavy (non-hydrogen) atoms. The Labute approximate surface area is 106 Å². The zero-order valence-electron chi connectivity index (χ0n) is 10.7. The van der Waals surface area contributed by atoms with E-state index in [0.717, 1.165) is 6.42 Å². The first-order valence-corrected chi connectivity index (χ1v) is 6.14. The molecule has 1 amide bonds. The van der Waals surface area contributed by atoms with Crippen LogP contribution < -0.4 is 10.1 Å². The van der Waals surface area contributed by atoms with Crippen molar-refractivity contribution in [1.29, 1.82) is 0 Å². The van der Waals surface area contributed by atoms with Gasteiger partial charge in [0.2, 0.25) is 11.8 Å². The summed E-state index contributed by atoms with van der Waals surface area (Å²) >= 11 is 0. The van der Waals surface area contributed by atoms with Crippen LogP contribution in [0.15, 0.2) is 12.4 Å². The van der Waals surface area contributed by atoms with Crippen LogP contribution in [0.3, 0.4) is 0 Å². The van der Waals surface area contributed by atoms with Crippen molar-refractivity contribution in [3.8, 4) is 5.88 Å². The fraction of sp³-hybridized carbons (Fsp3) is 0.583. The van der Waals surface area contributed by atoms with Crippen LogP contribution in [0.4, 0.5) is 5.82 Å². The van der Waals surface area contributed by atoms with Gasteiger partial charge in [-0.05, 0) is 13.3 Å². The topological polar surface area (TPSA) is 67.3 Å². The Kier molecular flexibility index (Phi) is 3.96. The number of amides is 1. The molecule has 0 aliphatic carbocycles. The molecular weight excluding hydrogens is 232 g/mol. The molecule has 6 heteroatoms. The van der Waals surface area contributed by atoms with Gasteiger partial charge in [0.15, 0.2) is 0 Å². The van der Waals surface area contributed by atoms with E-state index < -0.39 is 0 Å². The lowest BCUT2D eigenvalue weighted by atomic mass is 10.1. The van der Waals surface area contributed by atoms with Gasteiger partial charge in [-0.3, -0.25) is 9.78 Å². The maximum atomic E-state index is 11.4. The molecule has 6 nitrogen and oxygen atoms in total. The van der Waals surface area contributed by atoms with Gasteiger partial charge in [-0.15, -0.1) is 0 Å². The SMILES string of the molecule is CCOc1cncc(NC2CCC(=O)N(C)C2)n1. The Morgan fingerprint density at radius 1 is 1.56 bits per heavy atom. The smallest absolute Gasteiger partial charge is 0.234 e. The Morgan fingerprint density at radius 3 is 3.11 bits per heavy atom. The molecule has 1 atom stereocenters. The number of aromatic nitrogens is 2. The normalized spacial score (nSPS) is 19.8. The third-order valence-electron chi connectivity index (χ3n) is 2.88. The molecule has 1 N–H and O–H groups in total. The molecule has 1 fully saturated rings. The van der Waals surface area contributed by atoms with Crippen molar-refractivity contribution in [1.82, 2.24) is 14.9 Å². The summed E-state index contributed by atoms with van der Waals surface area (Å²) in [4.78, 5) is 21.5. The summed E-state index contributed by atoms with van der Waals surface area (Å²) in [5.41, 5.74) is 0. The van der Waals surface area contributed by atoms with Gasteiger partial charge in [0.25, 0.3) is 0 Å². The van der Waals surface area contributed by atoms with Crippen LogP contribution in [0.2, 0.25) is 0 Å². The van der Waals surface area contributed by atoms with Crippen LogP contribution in [0.25, 0.3) is 0 Å². The average Bonchev–Trinajstić information content (AvgIpc) is 2.35. The molecule has 1 saturated heterocycles. The highest BCUT2D eigenvalue weighted by molar-refractivity contribution is 5.76. The van der Waals surface area contributed by atoms with Gasteiger partial charge in [0, 0.05) is 26.1 Å². The van der Waals surface area contributed by atoms with E-state index in [2.05, 4.69) is 15.3 Å². The summed E-state index contributed by atoms with van der Waals surface area (Å²) in [5.74, 6) is 1.40. The van der Waals surface area contributed by atoms with E-state index in [-0.39, 0.29) is 11.9 Å². The third-order valence-corrected chi connectivity index (χ3v) is 2.88. The number of ether oxygens (including phenoxy) is 1. The molecule has 2 rings (SSSR count). The van der Waals surface area contributed by atoms with Crippen LogP contribution in [0, 0.1) is 0 Å². The van der Waals surface area contributed by atoms with E-state index in [4.69, 9.17) is 4.74 Å². The molecule has 0 spiro atoms. The Bertz CT molecular complexity index is 424. The van der Waals surface area contributed by atoms with Gasteiger partial charge in [0.1, 0.15) is 5.82 Å². The van der Waals surface area contributed by atoms with Crippen molar-refractivity contribution >= 4 is 11.7 Å². The molecule has 98 valence electrons. The van der Waals surface area contributed by atoms with E-state index in [0.29, 0.717) is 31.3 Å². The summed E-state index contributed by atoms with van der Waals surface area (Å²) in [6.07, 6.45) is 4.65. The van der Waals surface area contributed by atoms with Gasteiger partial charge in [-0.1, -0.05) is 0 Å². The van der Waals surface area contributed by atoms with Crippen LogP contribution >= 0.6 is 0 Å². The molecule has 1 unspecified atom stereocenters. The first kappa shape index (κ1) is 12.6. The van der Waals surface area contributed by atoms with Gasteiger partial charge >= 0.3 is 0 Å². The maximum absolute atomic E-state index is 11.4. The Balaban J connectivity index is 1.96. The van der Waals surface area contributed by atoms with Crippen LogP contribution in [0.1, 0.15) is 19.8 Å². The number of likely N-dealkylation sites (tertiary alicyclic amines) is 1. The summed E-state index contributed by atoms with van der Waals surface area (Å²) in [7, 11) is 1.82. The zero-order chi connectivity index (χ0) is 13.0. The van der Waals surface area contributed by atoms with Crippen molar-refractivity contribution in [3.63, 3.8) is 0 Å². The number of hydrogen-bond acceptors (Lipinski definition) is 5. The van der Waals surface area contributed by atoms with Crippen molar-refractivity contribution in [2.24, 2.45) is 0 Å². The number of anilines is 1. The van der Waals surface area contributed by atoms with Gasteiger partial charge in [-0.2, -0.15) is 4.98 Å². The van der Waals surface area contributed by atoms with E-state index >= 15 is 0 Å². The van der Waals surface area contributed by atoms with Crippen molar-refractivity contribution in [2.45, 2.75) is 25.8 Å². The number of piperidine rings is 1. The molecule has 2 heterocycles. The quantitative estimate of drug-likeness (QED) is 0.860. The van der Waals surface area contributed by atoms with Crippen LogP contribution in [-0.4, -0.2) is 47.0 Å². The Morgan fingerprint density at radius 2 is 2.39 bits per heavy atom. The van der Waals surface area contributed by atoms with E-state index in [9.17, 15) is 4.79 Å². The first-order valence-electron chi connectivity index (χ1n) is 6.14. The minimum absolute atomic E-state index is 0.196. The minimum Gasteiger partial charge on any atom is -0.477 e. The zero-order valence-corrected chi connectivity index (χ0v) is 10.7. The van der Waals surface area contributed by atoms with E-state index in [1.54, 1.807) is 17.3 Å². The fourth-order valence-electron chi connectivity index (χ4n) is 1.97. The van der Waals surface area contributed by atoms with Gasteiger partial charge in [-0.25, -0.2) is 0 Å². The lowest BCUT2D eigenvalue weighted by Crippen LogP contribution is -2.43. The number of hydrogen-bond donors (Lipinski definition) is 1. The molecule has 1 aliphatic rings. The number of nitrogens with one attached hydrogen (secondary N) is 1. The molecular formula is C12H18N4O2. The molecule has 0 saturated carbocycles. The third kappa shape index (κ3) is 3.09. The second-order valence-corrected chi connectivity index (χ2v) is 4.33. The Hall–Kier alpha value is -1.85. The lowest BCUT2D eigenvalue weighted by Gasteiger charge is -2.30. The second kappa shape index (κ2) is 5.66. The molecule has 1 aromatic rings. The number of rotatable bonds is 4. The predicted octanol–water partition coefficient (Wildman–Crippen LogP) is 0.908. The highest BCUT2D eigenvalue weighted by Crippen LogP contribution is 2.15. The van der Waals surface area contributed by atoms with Crippen molar-refractivity contribution in [2.75, 3.05) is 25.5 Å². The fourth-order valence-corrected chi connectivity index (χ4v) is 1.97. The van der Waals surface area contributed by atoms with E-state index in [1.807, 2.05) is 14.0 Å². The standard InChI is InChI=1S/C12H18N4O2/c1-3-18-11-7-13-6-10(15-11)14-9-4-5-12(17)16(2)8-9/h6-7,9H,3-5,8H2,1-2H3,(H,14,15). The van der Waals surface area contributed by atoms with Gasteiger partial charge in [0.05, 0.1) is 19.0 Å². The van der Waals surface area contributed by atoms with Crippen molar-refractivity contribution in [3.05, 3.63) is 12.4 Å². The first-order chi connectivity index (χ1) is 8.69. The summed E-state index contributed by atoms with van der Waals surface area (Å²) in [6.45, 7) is 3.17. The molecule has 0 radical (unpaired) electrons. The monoisotopic (exact) mass is 250 g/mol. The number of carbonyl (C=O) groups excluding carboxylic acids is 1. The predicted molar refractivity (Wildman–Crippen MR) is 67.5 cm³/mol. The second-order valence-electron chi connectivity index (χ2n) is 4.33. The molecule has 1 aromatic heterocycles. The van der Waals surface area contributed by atoms with Gasteiger partial charge < -0.3 is 15.0 Å². The van der Waals surface area contributed by atoms with Crippen molar-refractivity contribution < 1.29 is 9.53 Å². The highest BCUT2D eigenvalue weighted by atomic mass is 16.5. The van der Waals surface area contributed by atoms with E-state index in [1.165, 1.54) is 0 Å². The maximum Gasteiger partial charge on any atom is 0.234 e. The summed E-state index contributed by atoms with van der Waals surface area (Å²) in [6, 6.07) is 0.221. The largest absolute Gasteiger partial charge is 0.477 e. The lowest BCUT2D eigenvalue weighted by molar-refractivity contribution is -0.132. The van der Waals surface area contributed by atoms with Crippen LogP contribution in [-0.2, 0) is 4.79 Å². The molecule has 0 aromatic carbocycles. The minimum atomic E-state index is 0.196. The number of carbonyl (C=O) groups is 1. The number of likely N-dealkylation sites (N-methyl/N-ethyl adjacent to an activating group) is 1. The summed E-state index contributed by atoms with van der Waals surface area (Å²) in [5, 5.41) is 3.28. The highest BCUT2D eigenvalue weighted by Gasteiger charge is 2.22. The molecule has 1 aliphatic heterocycles. The van der Waals surface area contributed by atoms with Crippen LogP contribution in [0.5, 0.6) is 5.88 Å². The average molecular weight is 250 g/mol. The summed E-state index contributed by atoms with van der Waals surface area (Å²) < 4.78 is 5.30. The molecule has 0 bridgehead atoms.